The van der Waals surface area contributed by atoms with Crippen LogP contribution in [0.25, 0.3) is 0 Å². The van der Waals surface area contributed by atoms with Gasteiger partial charge >= 0.3 is 6.18 Å². The zero-order chi connectivity index (χ0) is 19.3. The van der Waals surface area contributed by atoms with Crippen LogP contribution in [0.1, 0.15) is 27.3 Å². The number of hydrazine groups is 1. The Morgan fingerprint density at radius 1 is 1.27 bits per heavy atom. The van der Waals surface area contributed by atoms with Crippen molar-refractivity contribution in [2.45, 2.75) is 12.6 Å². The van der Waals surface area contributed by atoms with Gasteiger partial charge in [-0.3, -0.25) is 20.4 Å². The van der Waals surface area contributed by atoms with E-state index in [0.717, 1.165) is 11.3 Å². The van der Waals surface area contributed by atoms with Gasteiger partial charge in [-0.05, 0) is 12.1 Å². The molecule has 0 spiro atoms. The third-order valence-electron chi connectivity index (χ3n) is 2.98. The van der Waals surface area contributed by atoms with E-state index in [1.165, 1.54) is 17.5 Å². The van der Waals surface area contributed by atoms with Crippen molar-refractivity contribution in [1.82, 2.24) is 10.4 Å². The average molecular weight is 450 g/mol. The predicted molar refractivity (Wildman–Crippen MR) is 94.0 cm³/mol. The quantitative estimate of drug-likeness (QED) is 0.206. The molecule has 4 N–H and O–H groups in total. The summed E-state index contributed by atoms with van der Waals surface area (Å²) in [6.07, 6.45) is -5.76. The molecule has 1 heterocycles. The summed E-state index contributed by atoms with van der Waals surface area (Å²) in [7, 11) is 0. The molecule has 0 aliphatic carbocycles. The number of anilines is 1. The monoisotopic (exact) mass is 449 g/mol. The Hall–Kier alpha value is -2.31. The van der Waals surface area contributed by atoms with Crippen molar-refractivity contribution >= 4 is 49.8 Å². The number of nitrogens with one attached hydrogen (secondary N) is 2. The maximum Gasteiger partial charge on any atom is 0.431 e. The number of rotatable bonds is 6. The summed E-state index contributed by atoms with van der Waals surface area (Å²) >= 11 is 4.04. The van der Waals surface area contributed by atoms with Crippen LogP contribution in [0.15, 0.2) is 39.2 Å². The first-order valence-corrected chi connectivity index (χ1v) is 8.53. The Bertz CT molecular complexity index is 836. The first-order valence-electron chi connectivity index (χ1n) is 6.85. The molecule has 26 heavy (non-hydrogen) atoms. The highest BCUT2D eigenvalue weighted by Crippen LogP contribution is 2.23. The van der Waals surface area contributed by atoms with Crippen LogP contribution in [0, 0.1) is 0 Å². The van der Waals surface area contributed by atoms with Crippen molar-refractivity contribution in [3.63, 3.8) is 0 Å². The Balaban J connectivity index is 2.15. The van der Waals surface area contributed by atoms with Crippen molar-refractivity contribution in [1.29, 1.82) is 0 Å². The number of carbonyl (C=O) groups is 2. The summed E-state index contributed by atoms with van der Waals surface area (Å²) < 4.78 is 40.1. The molecule has 2 rings (SSSR count). The lowest BCUT2D eigenvalue weighted by Crippen LogP contribution is -2.30. The summed E-state index contributed by atoms with van der Waals surface area (Å²) in [6, 6.07) is 5.92. The van der Waals surface area contributed by atoms with Gasteiger partial charge in [0.25, 0.3) is 5.91 Å². The minimum absolute atomic E-state index is 0.0542. The van der Waals surface area contributed by atoms with Crippen LogP contribution >= 0.6 is 27.3 Å². The average Bonchev–Trinajstić information content (AvgIpc) is 3.06. The number of hydrogen-bond acceptors (Lipinski definition) is 7. The molecule has 0 saturated heterocycles. The smallest absolute Gasteiger partial charge is 0.294 e. The highest BCUT2D eigenvalue weighted by Gasteiger charge is 2.37. The molecule has 0 aliphatic rings. The molecular weight excluding hydrogens is 439 g/mol. The Labute approximate surface area is 157 Å². The van der Waals surface area contributed by atoms with Crippen molar-refractivity contribution in [3.8, 4) is 0 Å². The molecule has 0 bridgehead atoms. The van der Waals surface area contributed by atoms with E-state index in [-0.39, 0.29) is 16.4 Å². The molecule has 12 heteroatoms. The van der Waals surface area contributed by atoms with Crippen molar-refractivity contribution in [2.75, 3.05) is 5.43 Å². The second-order valence-electron chi connectivity index (χ2n) is 4.79. The SMILES string of the molecule is NNC(=O)c1csc(N/N=C(\CC(=O)c2ccc(Br)cc2)C(F)(F)F)n1. The molecule has 0 atom stereocenters. The van der Waals surface area contributed by atoms with E-state index in [4.69, 9.17) is 5.84 Å². The van der Waals surface area contributed by atoms with Crippen LogP contribution in [-0.4, -0.2) is 28.6 Å². The largest absolute Gasteiger partial charge is 0.431 e. The fraction of sp³-hybridized carbons (Fsp3) is 0.143. The van der Waals surface area contributed by atoms with Gasteiger partial charge in [0.2, 0.25) is 5.13 Å². The summed E-state index contributed by atoms with van der Waals surface area (Å²) in [5.41, 5.74) is 2.69. The van der Waals surface area contributed by atoms with E-state index in [2.05, 4.69) is 31.4 Å². The second kappa shape index (κ2) is 8.38. The number of nitrogens with two attached hydrogens (primary N) is 1. The van der Waals surface area contributed by atoms with Crippen LogP contribution in [0.5, 0.6) is 0 Å². The number of ketones is 1. The zero-order valence-corrected chi connectivity index (χ0v) is 15.2. The maximum atomic E-state index is 13.1. The number of Topliss-reactive ketones (excluding diaryl/α,β-unsaturated/α-hetero) is 1. The number of thiazole rings is 1. The lowest BCUT2D eigenvalue weighted by atomic mass is 10.1. The van der Waals surface area contributed by atoms with Gasteiger partial charge < -0.3 is 0 Å². The summed E-state index contributed by atoms with van der Waals surface area (Å²) in [4.78, 5) is 27.1. The summed E-state index contributed by atoms with van der Waals surface area (Å²) in [5, 5.41) is 4.48. The van der Waals surface area contributed by atoms with Gasteiger partial charge in [0.1, 0.15) is 11.4 Å². The number of hydrogen-bond donors (Lipinski definition) is 3. The minimum Gasteiger partial charge on any atom is -0.294 e. The summed E-state index contributed by atoms with van der Waals surface area (Å²) in [5.74, 6) is 3.51. The number of nitrogens with zero attached hydrogens (tertiary/aromatic N) is 2. The first-order chi connectivity index (χ1) is 12.2. The number of benzene rings is 1. The highest BCUT2D eigenvalue weighted by atomic mass is 79.9. The van der Waals surface area contributed by atoms with Gasteiger partial charge in [-0.25, -0.2) is 10.8 Å². The van der Waals surface area contributed by atoms with Crippen molar-refractivity contribution in [2.24, 2.45) is 10.9 Å². The highest BCUT2D eigenvalue weighted by molar-refractivity contribution is 9.10. The van der Waals surface area contributed by atoms with Gasteiger partial charge in [0.15, 0.2) is 5.78 Å². The van der Waals surface area contributed by atoms with Crippen molar-refractivity contribution < 1.29 is 22.8 Å². The third-order valence-corrected chi connectivity index (χ3v) is 4.25. The second-order valence-corrected chi connectivity index (χ2v) is 6.56. The van der Waals surface area contributed by atoms with Crippen LogP contribution in [0.4, 0.5) is 18.3 Å². The maximum absolute atomic E-state index is 13.1. The number of aromatic nitrogens is 1. The molecular formula is C14H11BrF3N5O2S. The Morgan fingerprint density at radius 3 is 2.50 bits per heavy atom. The van der Waals surface area contributed by atoms with E-state index in [9.17, 15) is 22.8 Å². The standard InChI is InChI=1S/C14H11BrF3N5O2S/c15-8-3-1-7(2-4-8)10(24)5-11(14(16,17)18)22-23-13-20-9(6-26-13)12(25)21-19/h1-4,6H,5,19H2,(H,20,23)(H,21,25)/b22-11+. The first kappa shape index (κ1) is 20.0. The Kier molecular flexibility index (Phi) is 6.45. The number of alkyl halides is 3. The number of hydrazone groups is 1. The molecule has 1 aromatic heterocycles. The minimum atomic E-state index is -4.81. The lowest BCUT2D eigenvalue weighted by molar-refractivity contribution is -0.0602. The molecule has 0 fully saturated rings. The zero-order valence-electron chi connectivity index (χ0n) is 12.8. The van der Waals surface area contributed by atoms with E-state index in [1.54, 1.807) is 12.1 Å². The fourth-order valence-electron chi connectivity index (χ4n) is 1.71. The van der Waals surface area contributed by atoms with Gasteiger partial charge in [-0.2, -0.15) is 18.3 Å². The van der Waals surface area contributed by atoms with E-state index >= 15 is 0 Å². The molecule has 2 aromatic rings. The molecule has 0 radical (unpaired) electrons. The molecule has 0 saturated carbocycles. The van der Waals surface area contributed by atoms with Gasteiger partial charge in [0.05, 0.1) is 6.42 Å². The molecule has 7 nitrogen and oxygen atoms in total. The van der Waals surface area contributed by atoms with E-state index in [0.29, 0.717) is 4.47 Å². The van der Waals surface area contributed by atoms with Crippen LogP contribution in [0.2, 0.25) is 0 Å². The van der Waals surface area contributed by atoms with E-state index < -0.39 is 30.0 Å². The van der Waals surface area contributed by atoms with Gasteiger partial charge in [-0.15, -0.1) is 11.3 Å². The normalized spacial score (nSPS) is 12.0. The lowest BCUT2D eigenvalue weighted by Gasteiger charge is -2.10. The third kappa shape index (κ3) is 5.34. The molecule has 1 aromatic carbocycles. The van der Waals surface area contributed by atoms with Crippen LogP contribution < -0.4 is 16.7 Å². The number of carbonyl (C=O) groups excluding carboxylic acids is 2. The van der Waals surface area contributed by atoms with Crippen LogP contribution in [0.3, 0.4) is 0 Å². The number of amides is 1. The molecule has 0 unspecified atom stereocenters. The molecule has 138 valence electrons. The Morgan fingerprint density at radius 2 is 1.92 bits per heavy atom. The van der Waals surface area contributed by atoms with Crippen LogP contribution in [-0.2, 0) is 0 Å². The predicted octanol–water partition coefficient (Wildman–Crippen LogP) is 3.11. The van der Waals surface area contributed by atoms with Gasteiger partial charge in [0, 0.05) is 15.4 Å². The number of halogens is 4. The summed E-state index contributed by atoms with van der Waals surface area (Å²) in [6.45, 7) is 0. The number of nitrogen functional groups attached to an aromatic ring is 1. The van der Waals surface area contributed by atoms with Gasteiger partial charge in [-0.1, -0.05) is 28.1 Å². The topological polar surface area (TPSA) is 109 Å². The molecule has 0 aliphatic heterocycles. The fourth-order valence-corrected chi connectivity index (χ4v) is 2.61. The van der Waals surface area contributed by atoms with E-state index in [1.807, 2.05) is 5.43 Å². The molecule has 1 amide bonds. The van der Waals surface area contributed by atoms with Crippen molar-refractivity contribution in [3.05, 3.63) is 45.4 Å².